The number of rotatable bonds is 7. The summed E-state index contributed by atoms with van der Waals surface area (Å²) in [6, 6.07) is 8.53. The van der Waals surface area contributed by atoms with Crippen molar-refractivity contribution in [2.45, 2.75) is 12.7 Å². The summed E-state index contributed by atoms with van der Waals surface area (Å²) in [5.74, 6) is -3.02. The zero-order chi connectivity index (χ0) is 24.3. The highest BCUT2D eigenvalue weighted by atomic mass is 19.4. The van der Waals surface area contributed by atoms with Gasteiger partial charge in [-0.1, -0.05) is 24.3 Å². The predicted molar refractivity (Wildman–Crippen MR) is 113 cm³/mol. The molecule has 1 aromatic carbocycles. The van der Waals surface area contributed by atoms with Crippen molar-refractivity contribution >= 4 is 23.8 Å². The third-order valence-corrected chi connectivity index (χ3v) is 3.87. The lowest BCUT2D eigenvalue weighted by Crippen LogP contribution is -2.21. The van der Waals surface area contributed by atoms with Gasteiger partial charge in [0.05, 0.1) is 24.6 Å². The first-order chi connectivity index (χ1) is 15.0. The molecule has 32 heavy (non-hydrogen) atoms. The number of hydrogen-bond donors (Lipinski definition) is 4. The minimum Gasteiger partial charge on any atom is -0.504 e. The molecular formula is C21H22F3N3O5. The van der Waals surface area contributed by atoms with E-state index in [0.29, 0.717) is 12.4 Å². The molecule has 0 amide bonds. The molecule has 0 aliphatic heterocycles. The summed E-state index contributed by atoms with van der Waals surface area (Å²) in [5.41, 5.74) is 9.50. The number of alkyl halides is 3. The fraction of sp³-hybridized carbons (Fsp3) is 0.190. The lowest BCUT2D eigenvalue weighted by Gasteiger charge is -2.13. The number of carboxylic acid groups (broad SMARTS) is 2. The molecule has 1 aromatic heterocycles. The van der Waals surface area contributed by atoms with E-state index in [1.807, 2.05) is 18.2 Å². The van der Waals surface area contributed by atoms with Crippen LogP contribution in [0.1, 0.15) is 21.5 Å². The largest absolute Gasteiger partial charge is 0.504 e. The number of methoxy groups -OCH3 is 1. The lowest BCUT2D eigenvalue weighted by molar-refractivity contribution is -0.192. The molecule has 0 saturated carbocycles. The van der Waals surface area contributed by atoms with Gasteiger partial charge < -0.3 is 26.0 Å². The number of halogens is 3. The number of carboxylic acids is 2. The van der Waals surface area contributed by atoms with Gasteiger partial charge in [0, 0.05) is 24.7 Å². The van der Waals surface area contributed by atoms with Gasteiger partial charge in [0.15, 0.2) is 0 Å². The van der Waals surface area contributed by atoms with Gasteiger partial charge >= 0.3 is 18.1 Å². The summed E-state index contributed by atoms with van der Waals surface area (Å²) in [4.78, 5) is 24.5. The number of hydrogen-bond acceptors (Lipinski definition) is 6. The highest BCUT2D eigenvalue weighted by molar-refractivity contribution is 5.88. The molecule has 2 aromatic rings. The first kappa shape index (κ1) is 26.2. The van der Waals surface area contributed by atoms with Crippen molar-refractivity contribution in [3.63, 3.8) is 0 Å². The van der Waals surface area contributed by atoms with Gasteiger partial charge in [-0.05, 0) is 29.8 Å². The number of nitrogens with one attached hydrogen (secondary N) is 1. The number of nitrogens with zero attached hydrogens (tertiary/aromatic N) is 1. The fourth-order valence-electron chi connectivity index (χ4n) is 2.38. The topological polar surface area (TPSA) is 135 Å². The molecule has 2 rings (SSSR count). The van der Waals surface area contributed by atoms with Gasteiger partial charge in [-0.2, -0.15) is 13.2 Å². The molecule has 0 unspecified atom stereocenters. The summed E-state index contributed by atoms with van der Waals surface area (Å²) in [6.07, 6.45) is 2.05. The van der Waals surface area contributed by atoms with Crippen molar-refractivity contribution < 1.29 is 37.7 Å². The van der Waals surface area contributed by atoms with Gasteiger partial charge in [0.25, 0.3) is 0 Å². The molecule has 0 bridgehead atoms. The van der Waals surface area contributed by atoms with E-state index in [2.05, 4.69) is 10.3 Å². The van der Waals surface area contributed by atoms with Crippen LogP contribution in [0.2, 0.25) is 0 Å². The maximum Gasteiger partial charge on any atom is 0.490 e. The smallest absolute Gasteiger partial charge is 0.490 e. The average Bonchev–Trinajstić information content (AvgIpc) is 2.75. The van der Waals surface area contributed by atoms with Crippen LogP contribution >= 0.6 is 0 Å². The molecule has 0 spiro atoms. The van der Waals surface area contributed by atoms with E-state index in [1.54, 1.807) is 50.8 Å². The predicted octanol–water partition coefficient (Wildman–Crippen LogP) is 3.75. The van der Waals surface area contributed by atoms with E-state index in [-0.39, 0.29) is 5.56 Å². The molecule has 1 heterocycles. The Morgan fingerprint density at radius 1 is 1.19 bits per heavy atom. The minimum absolute atomic E-state index is 0.237. The number of pyridine rings is 1. The molecule has 0 radical (unpaired) electrons. The van der Waals surface area contributed by atoms with Crippen LogP contribution in [-0.4, -0.2) is 47.5 Å². The Bertz CT molecular complexity index is 987. The number of carbonyl (C=O) groups is 2. The van der Waals surface area contributed by atoms with Crippen LogP contribution in [0, 0.1) is 0 Å². The Labute approximate surface area is 181 Å². The fourth-order valence-corrected chi connectivity index (χ4v) is 2.38. The average molecular weight is 453 g/mol. The molecule has 0 aliphatic carbocycles. The van der Waals surface area contributed by atoms with Crippen molar-refractivity contribution in [1.29, 1.82) is 0 Å². The molecule has 0 atom stereocenters. The van der Waals surface area contributed by atoms with Crippen LogP contribution in [0.25, 0.3) is 17.3 Å². The molecule has 0 fully saturated rings. The third-order valence-electron chi connectivity index (χ3n) is 3.87. The standard InChI is InChI=1S/C19H21N3O3.C2HF3O2/c1-21-18-16(12-20)15(5-3-4-10-25-2)11-17(22-18)13-6-8-14(9-7-13)19(23)24;3-2(4,5)1(6)7/h3-11H,12,20H2,1-2H3,(H,21,22)(H,23,24);(H,6,7)/b5-3+,10-4-;. The highest BCUT2D eigenvalue weighted by Crippen LogP contribution is 2.26. The Morgan fingerprint density at radius 3 is 2.22 bits per heavy atom. The summed E-state index contributed by atoms with van der Waals surface area (Å²) < 4.78 is 36.6. The normalized spacial score (nSPS) is 11.2. The Hall–Kier alpha value is -3.86. The number of allylic oxidation sites excluding steroid dienone is 2. The molecule has 8 nitrogen and oxygen atoms in total. The van der Waals surface area contributed by atoms with Crippen LogP contribution in [0.4, 0.5) is 19.0 Å². The summed E-state index contributed by atoms with van der Waals surface area (Å²) >= 11 is 0. The second-order valence-electron chi connectivity index (χ2n) is 5.99. The Balaban J connectivity index is 0.000000633. The van der Waals surface area contributed by atoms with E-state index < -0.39 is 18.1 Å². The molecule has 5 N–H and O–H groups in total. The molecular weight excluding hydrogens is 431 g/mol. The monoisotopic (exact) mass is 453 g/mol. The number of benzene rings is 1. The number of anilines is 1. The second kappa shape index (κ2) is 12.1. The summed E-state index contributed by atoms with van der Waals surface area (Å²) in [5, 5.41) is 19.2. The van der Waals surface area contributed by atoms with Crippen LogP contribution in [0.3, 0.4) is 0 Å². The maximum absolute atomic E-state index is 11.0. The SMILES string of the molecule is CNc1nc(-c2ccc(C(=O)O)cc2)cc(/C=C/C=C\OC)c1CN.O=C(O)C(F)(F)F. The van der Waals surface area contributed by atoms with E-state index >= 15 is 0 Å². The summed E-state index contributed by atoms with van der Waals surface area (Å²) in [6.45, 7) is 0.342. The number of aromatic carboxylic acids is 1. The number of ether oxygens (including phenoxy) is 1. The molecule has 11 heteroatoms. The van der Waals surface area contributed by atoms with Gasteiger partial charge in [-0.3, -0.25) is 0 Å². The maximum atomic E-state index is 11.0. The summed E-state index contributed by atoms with van der Waals surface area (Å²) in [7, 11) is 3.37. The number of aliphatic carboxylic acids is 1. The third kappa shape index (κ3) is 7.76. The number of aromatic nitrogens is 1. The van der Waals surface area contributed by atoms with Crippen LogP contribution in [0.5, 0.6) is 0 Å². The first-order valence-electron chi connectivity index (χ1n) is 8.96. The van der Waals surface area contributed by atoms with E-state index in [4.69, 9.17) is 25.5 Å². The van der Waals surface area contributed by atoms with E-state index in [0.717, 1.165) is 22.4 Å². The van der Waals surface area contributed by atoms with Crippen molar-refractivity contribution in [3.8, 4) is 11.3 Å². The van der Waals surface area contributed by atoms with Crippen molar-refractivity contribution in [2.75, 3.05) is 19.5 Å². The van der Waals surface area contributed by atoms with Gasteiger partial charge in [-0.25, -0.2) is 14.6 Å². The number of nitrogens with two attached hydrogens (primary N) is 1. The quantitative estimate of drug-likeness (QED) is 0.368. The van der Waals surface area contributed by atoms with Crippen LogP contribution in [-0.2, 0) is 16.1 Å². The minimum atomic E-state index is -5.08. The van der Waals surface area contributed by atoms with Crippen molar-refractivity contribution in [2.24, 2.45) is 5.73 Å². The molecule has 172 valence electrons. The highest BCUT2D eigenvalue weighted by Gasteiger charge is 2.38. The van der Waals surface area contributed by atoms with Gasteiger partial charge in [-0.15, -0.1) is 0 Å². The zero-order valence-electron chi connectivity index (χ0n) is 17.2. The first-order valence-corrected chi connectivity index (χ1v) is 8.96. The Morgan fingerprint density at radius 2 is 1.78 bits per heavy atom. The van der Waals surface area contributed by atoms with E-state index in [9.17, 15) is 18.0 Å². The van der Waals surface area contributed by atoms with Crippen LogP contribution < -0.4 is 11.1 Å². The second-order valence-corrected chi connectivity index (χ2v) is 5.99. The zero-order valence-corrected chi connectivity index (χ0v) is 17.2. The lowest BCUT2D eigenvalue weighted by atomic mass is 10.0. The molecule has 0 saturated heterocycles. The van der Waals surface area contributed by atoms with Gasteiger partial charge in [0.1, 0.15) is 5.82 Å². The van der Waals surface area contributed by atoms with E-state index in [1.165, 1.54) is 0 Å². The molecule has 0 aliphatic rings. The van der Waals surface area contributed by atoms with Crippen molar-refractivity contribution in [3.05, 3.63) is 65.4 Å². The van der Waals surface area contributed by atoms with Crippen molar-refractivity contribution in [1.82, 2.24) is 4.98 Å². The Kier molecular flexibility index (Phi) is 9.90. The van der Waals surface area contributed by atoms with Gasteiger partial charge in [0.2, 0.25) is 0 Å². The van der Waals surface area contributed by atoms with Crippen LogP contribution in [0.15, 0.2) is 48.7 Å².